The number of aliphatic hydroxyl groups is 1. The molecule has 34 heavy (non-hydrogen) atoms. The highest BCUT2D eigenvalue weighted by Gasteiger charge is 2.48. The van der Waals surface area contributed by atoms with Crippen LogP contribution < -0.4 is 10.6 Å². The number of hydrogen-bond donors (Lipinski definition) is 3. The number of amides is 3. The molecule has 0 spiro atoms. The largest absolute Gasteiger partial charge is 0.444 e. The number of benzene rings is 1. The van der Waals surface area contributed by atoms with Crippen LogP contribution in [0.25, 0.3) is 0 Å². The molecule has 1 aromatic carbocycles. The van der Waals surface area contributed by atoms with Crippen molar-refractivity contribution >= 4 is 17.9 Å². The van der Waals surface area contributed by atoms with Gasteiger partial charge in [-0.05, 0) is 58.9 Å². The molecule has 3 N–H and O–H groups in total. The standard InChI is InChI=1S/C26H41N3O5/c1-8-9-10-27-23(31)22(19-12-16(2)11-17(3)13-19)29(21-14-18(21)4)24(32)20(15-30)28-25(33)34-26(5,6)7/h11-13,18,20-22,30H,8-10,14-15H2,1-7H3,(H,27,31)(H,28,33). The van der Waals surface area contributed by atoms with Gasteiger partial charge in [-0.2, -0.15) is 0 Å². The first-order chi connectivity index (χ1) is 15.9. The van der Waals surface area contributed by atoms with Crippen molar-refractivity contribution in [1.29, 1.82) is 0 Å². The van der Waals surface area contributed by atoms with Gasteiger partial charge in [0.05, 0.1) is 6.61 Å². The first kappa shape index (κ1) is 27.6. The fourth-order valence-corrected chi connectivity index (χ4v) is 4.08. The van der Waals surface area contributed by atoms with Crippen LogP contribution in [0, 0.1) is 19.8 Å². The summed E-state index contributed by atoms with van der Waals surface area (Å²) in [5.74, 6) is -0.556. The van der Waals surface area contributed by atoms with Gasteiger partial charge in [0.2, 0.25) is 11.8 Å². The Morgan fingerprint density at radius 3 is 2.24 bits per heavy atom. The molecular formula is C26H41N3O5. The van der Waals surface area contributed by atoms with Crippen molar-refractivity contribution in [3.8, 4) is 0 Å². The molecule has 1 saturated carbocycles. The summed E-state index contributed by atoms with van der Waals surface area (Å²) in [6.07, 6.45) is 1.72. The quantitative estimate of drug-likeness (QED) is 0.450. The Morgan fingerprint density at radius 1 is 1.18 bits per heavy atom. The van der Waals surface area contributed by atoms with E-state index in [2.05, 4.69) is 10.6 Å². The van der Waals surface area contributed by atoms with Gasteiger partial charge in [0, 0.05) is 12.6 Å². The van der Waals surface area contributed by atoms with Crippen LogP contribution in [0.1, 0.15) is 76.6 Å². The summed E-state index contributed by atoms with van der Waals surface area (Å²) in [5.41, 5.74) is 1.94. The van der Waals surface area contributed by atoms with Crippen molar-refractivity contribution in [1.82, 2.24) is 15.5 Å². The molecule has 0 saturated heterocycles. The molecule has 190 valence electrons. The fourth-order valence-electron chi connectivity index (χ4n) is 4.08. The molecular weight excluding hydrogens is 434 g/mol. The Morgan fingerprint density at radius 2 is 1.76 bits per heavy atom. The van der Waals surface area contributed by atoms with E-state index in [1.165, 1.54) is 0 Å². The van der Waals surface area contributed by atoms with Gasteiger partial charge in [-0.1, -0.05) is 49.6 Å². The Kier molecular flexibility index (Phi) is 9.50. The lowest BCUT2D eigenvalue weighted by molar-refractivity contribution is -0.144. The molecule has 0 aliphatic heterocycles. The minimum atomic E-state index is -1.22. The van der Waals surface area contributed by atoms with Crippen molar-refractivity contribution in [3.05, 3.63) is 34.9 Å². The first-order valence-corrected chi connectivity index (χ1v) is 12.2. The summed E-state index contributed by atoms with van der Waals surface area (Å²) in [5, 5.41) is 15.5. The van der Waals surface area contributed by atoms with Gasteiger partial charge >= 0.3 is 6.09 Å². The minimum Gasteiger partial charge on any atom is -0.444 e. The second-order valence-electron chi connectivity index (χ2n) is 10.4. The average Bonchev–Trinajstić information content (AvgIpc) is 3.43. The van der Waals surface area contributed by atoms with Gasteiger partial charge in [-0.3, -0.25) is 9.59 Å². The molecule has 8 nitrogen and oxygen atoms in total. The lowest BCUT2D eigenvalue weighted by atomic mass is 9.98. The number of alkyl carbamates (subject to hydrolysis) is 1. The molecule has 4 atom stereocenters. The average molecular weight is 476 g/mol. The van der Waals surface area contributed by atoms with Crippen LogP contribution in [-0.2, 0) is 14.3 Å². The second kappa shape index (κ2) is 11.7. The highest BCUT2D eigenvalue weighted by atomic mass is 16.6. The summed E-state index contributed by atoms with van der Waals surface area (Å²) in [4.78, 5) is 41.1. The minimum absolute atomic E-state index is 0.162. The van der Waals surface area contributed by atoms with E-state index in [0.29, 0.717) is 12.1 Å². The van der Waals surface area contributed by atoms with Crippen LogP contribution in [0.15, 0.2) is 18.2 Å². The highest BCUT2D eigenvalue weighted by molar-refractivity contribution is 5.92. The molecule has 4 unspecified atom stereocenters. The van der Waals surface area contributed by atoms with E-state index in [-0.39, 0.29) is 17.9 Å². The summed E-state index contributed by atoms with van der Waals surface area (Å²) in [6.45, 7) is 13.0. The van der Waals surface area contributed by atoms with E-state index in [9.17, 15) is 19.5 Å². The second-order valence-corrected chi connectivity index (χ2v) is 10.4. The van der Waals surface area contributed by atoms with E-state index in [1.807, 2.05) is 45.9 Å². The van der Waals surface area contributed by atoms with Crippen molar-refractivity contribution < 1.29 is 24.2 Å². The summed E-state index contributed by atoms with van der Waals surface area (Å²) in [6, 6.07) is 3.60. The van der Waals surface area contributed by atoms with E-state index in [0.717, 1.165) is 30.4 Å². The Hall–Kier alpha value is -2.61. The smallest absolute Gasteiger partial charge is 0.408 e. The van der Waals surface area contributed by atoms with Crippen molar-refractivity contribution in [2.75, 3.05) is 13.2 Å². The number of nitrogens with zero attached hydrogens (tertiary/aromatic N) is 1. The van der Waals surface area contributed by atoms with E-state index in [1.54, 1.807) is 25.7 Å². The maximum absolute atomic E-state index is 13.7. The van der Waals surface area contributed by atoms with Gasteiger partial charge in [0.15, 0.2) is 0 Å². The predicted octanol–water partition coefficient (Wildman–Crippen LogP) is 3.38. The number of nitrogens with one attached hydrogen (secondary N) is 2. The number of ether oxygens (including phenoxy) is 1. The third kappa shape index (κ3) is 7.72. The van der Waals surface area contributed by atoms with Crippen LogP contribution in [0.5, 0.6) is 0 Å². The van der Waals surface area contributed by atoms with Crippen molar-refractivity contribution in [2.24, 2.45) is 5.92 Å². The third-order valence-electron chi connectivity index (χ3n) is 5.77. The topological polar surface area (TPSA) is 108 Å². The molecule has 1 aliphatic carbocycles. The number of hydrogen-bond acceptors (Lipinski definition) is 5. The SMILES string of the molecule is CCCCNC(=O)C(c1cc(C)cc(C)c1)N(C(=O)C(CO)NC(=O)OC(C)(C)C)C1CC1C. The summed E-state index contributed by atoms with van der Waals surface area (Å²) in [7, 11) is 0. The Labute approximate surface area is 203 Å². The number of aliphatic hydroxyl groups excluding tert-OH is 1. The monoisotopic (exact) mass is 475 g/mol. The number of aryl methyl sites for hydroxylation is 2. The molecule has 1 aliphatic rings. The summed E-state index contributed by atoms with van der Waals surface area (Å²) < 4.78 is 5.28. The maximum atomic E-state index is 13.7. The molecule has 0 heterocycles. The van der Waals surface area contributed by atoms with Crippen LogP contribution >= 0.6 is 0 Å². The molecule has 2 rings (SSSR count). The van der Waals surface area contributed by atoms with Crippen molar-refractivity contribution in [2.45, 2.75) is 91.5 Å². The molecule has 0 aromatic heterocycles. The van der Waals surface area contributed by atoms with Crippen LogP contribution in [0.3, 0.4) is 0 Å². The fraction of sp³-hybridized carbons (Fsp3) is 0.654. The number of unbranched alkanes of at least 4 members (excludes halogenated alkanes) is 1. The third-order valence-corrected chi connectivity index (χ3v) is 5.77. The predicted molar refractivity (Wildman–Crippen MR) is 131 cm³/mol. The molecule has 8 heteroatoms. The molecule has 0 radical (unpaired) electrons. The lowest BCUT2D eigenvalue weighted by Gasteiger charge is -2.35. The van der Waals surface area contributed by atoms with Gasteiger partial charge in [0.25, 0.3) is 0 Å². The van der Waals surface area contributed by atoms with E-state index >= 15 is 0 Å². The van der Waals surface area contributed by atoms with Gasteiger partial charge in [-0.15, -0.1) is 0 Å². The zero-order valence-corrected chi connectivity index (χ0v) is 21.6. The van der Waals surface area contributed by atoms with Crippen molar-refractivity contribution in [3.63, 3.8) is 0 Å². The zero-order chi connectivity index (χ0) is 25.6. The van der Waals surface area contributed by atoms with Gasteiger partial charge < -0.3 is 25.4 Å². The van der Waals surface area contributed by atoms with Crippen LogP contribution in [0.2, 0.25) is 0 Å². The Balaban J connectivity index is 2.43. The van der Waals surface area contributed by atoms with Gasteiger partial charge in [0.1, 0.15) is 17.7 Å². The molecule has 1 aromatic rings. The van der Waals surface area contributed by atoms with Gasteiger partial charge in [-0.25, -0.2) is 4.79 Å². The number of carbonyl (C=O) groups excluding carboxylic acids is 3. The molecule has 1 fully saturated rings. The zero-order valence-electron chi connectivity index (χ0n) is 21.6. The summed E-state index contributed by atoms with van der Waals surface area (Å²) >= 11 is 0. The maximum Gasteiger partial charge on any atom is 0.408 e. The first-order valence-electron chi connectivity index (χ1n) is 12.2. The number of rotatable bonds is 10. The number of carbonyl (C=O) groups is 3. The van der Waals surface area contributed by atoms with Crippen LogP contribution in [-0.4, -0.2) is 58.8 Å². The molecule has 0 bridgehead atoms. The van der Waals surface area contributed by atoms with E-state index < -0.39 is 36.3 Å². The lowest BCUT2D eigenvalue weighted by Crippen LogP contribution is -2.55. The van der Waals surface area contributed by atoms with E-state index in [4.69, 9.17) is 4.74 Å². The normalized spacial score (nSPS) is 19.1. The Bertz CT molecular complexity index is 859. The van der Waals surface area contributed by atoms with Crippen LogP contribution in [0.4, 0.5) is 4.79 Å². The molecule has 3 amide bonds. The highest BCUT2D eigenvalue weighted by Crippen LogP contribution is 2.41.